The van der Waals surface area contributed by atoms with Crippen LogP contribution >= 0.6 is 23.2 Å². The minimum absolute atomic E-state index is 0.465. The Morgan fingerprint density at radius 2 is 2.00 bits per heavy atom. The summed E-state index contributed by atoms with van der Waals surface area (Å²) in [7, 11) is 0. The van der Waals surface area contributed by atoms with Crippen molar-refractivity contribution in [2.45, 2.75) is 19.2 Å². The zero-order valence-corrected chi connectivity index (χ0v) is 9.16. The maximum Gasteiger partial charge on any atom is 0.329 e. The summed E-state index contributed by atoms with van der Waals surface area (Å²) in [5.41, 5.74) is -2.92. The van der Waals surface area contributed by atoms with Crippen molar-refractivity contribution in [3.05, 3.63) is 0 Å². The summed E-state index contributed by atoms with van der Waals surface area (Å²) >= 11 is 10.4. The molecule has 0 heterocycles. The topological polar surface area (TPSA) is 37.3 Å². The summed E-state index contributed by atoms with van der Waals surface area (Å²) in [6.45, 7) is 2.87. The Balaban J connectivity index is 3.13. The number of hydrogen-bond donors (Lipinski definition) is 1. The van der Waals surface area contributed by atoms with Crippen LogP contribution in [0.5, 0.6) is 0 Å². The zero-order valence-electron chi connectivity index (χ0n) is 7.65. The molecule has 1 aliphatic rings. The molecule has 0 spiro atoms. The van der Waals surface area contributed by atoms with Crippen LogP contribution < -0.4 is 0 Å². The molecule has 2 nitrogen and oxygen atoms in total. The van der Waals surface area contributed by atoms with Crippen molar-refractivity contribution < 1.29 is 18.7 Å². The molecule has 1 N–H and O–H groups in total. The fourth-order valence-electron chi connectivity index (χ4n) is 2.23. The van der Waals surface area contributed by atoms with Crippen LogP contribution in [0.25, 0.3) is 0 Å². The summed E-state index contributed by atoms with van der Waals surface area (Å²) in [5.74, 6) is -2.94. The Morgan fingerprint density at radius 3 is 2.07 bits per heavy atom. The molecule has 1 fully saturated rings. The second-order valence-corrected chi connectivity index (χ2v) is 4.84. The summed E-state index contributed by atoms with van der Waals surface area (Å²) in [6, 6.07) is 0. The minimum Gasteiger partial charge on any atom is -0.481 e. The first-order valence-corrected chi connectivity index (χ1v) is 4.89. The van der Waals surface area contributed by atoms with Crippen LogP contribution in [-0.4, -0.2) is 22.3 Å². The highest BCUT2D eigenvalue weighted by molar-refractivity contribution is 6.25. The van der Waals surface area contributed by atoms with Gasteiger partial charge in [-0.05, 0) is 17.0 Å². The summed E-state index contributed by atoms with van der Waals surface area (Å²) < 4.78 is 26.2. The van der Waals surface area contributed by atoms with Crippen molar-refractivity contribution in [3.63, 3.8) is 0 Å². The van der Waals surface area contributed by atoms with E-state index < -0.39 is 34.0 Å². The van der Waals surface area contributed by atoms with Gasteiger partial charge in [-0.15, -0.1) is 11.6 Å². The second kappa shape index (κ2) is 2.95. The molecular weight excluding hydrogens is 237 g/mol. The van der Waals surface area contributed by atoms with E-state index in [4.69, 9.17) is 28.3 Å². The third-order valence-electron chi connectivity index (χ3n) is 3.24. The predicted octanol–water partition coefficient (Wildman–Crippen LogP) is 2.78. The van der Waals surface area contributed by atoms with Crippen molar-refractivity contribution >= 4 is 29.2 Å². The first-order chi connectivity index (χ1) is 6.13. The van der Waals surface area contributed by atoms with Crippen LogP contribution in [0, 0.1) is 16.7 Å². The maximum absolute atomic E-state index is 13.1. The highest BCUT2D eigenvalue weighted by atomic mass is 35.5. The van der Waals surface area contributed by atoms with Gasteiger partial charge in [-0.25, -0.2) is 0 Å². The average molecular weight is 247 g/mol. The molecule has 0 aromatic heterocycles. The second-order valence-electron chi connectivity index (χ2n) is 4.10. The number of hydrogen-bond acceptors (Lipinski definition) is 1. The first kappa shape index (κ1) is 12.0. The molecule has 0 amide bonds. The van der Waals surface area contributed by atoms with Crippen LogP contribution in [0.4, 0.5) is 8.78 Å². The molecule has 2 atom stereocenters. The number of carbonyl (C=O) groups is 1. The van der Waals surface area contributed by atoms with Crippen molar-refractivity contribution in [1.82, 2.24) is 0 Å². The molecule has 0 aromatic carbocycles. The normalized spacial score (nSPS) is 35.4. The standard InChI is InChI=1S/C8H10Cl2F2O2/c1-6(2)4(5(13)14)7(6,3-9)8(10,11)12/h4H,3H2,1-2H3,(H,13,14). The fourth-order valence-corrected chi connectivity index (χ4v) is 3.38. The van der Waals surface area contributed by atoms with Gasteiger partial charge in [0.15, 0.2) is 0 Å². The van der Waals surface area contributed by atoms with Gasteiger partial charge in [0, 0.05) is 5.88 Å². The van der Waals surface area contributed by atoms with Crippen molar-refractivity contribution in [2.24, 2.45) is 16.7 Å². The number of halogens is 4. The number of aliphatic carboxylic acids is 1. The van der Waals surface area contributed by atoms with Gasteiger partial charge in [0.25, 0.3) is 0 Å². The minimum atomic E-state index is -3.60. The Kier molecular flexibility index (Phi) is 2.53. The molecule has 1 saturated carbocycles. The van der Waals surface area contributed by atoms with E-state index in [0.717, 1.165) is 0 Å². The number of carboxylic acids is 1. The van der Waals surface area contributed by atoms with Gasteiger partial charge in [0.2, 0.25) is 0 Å². The fraction of sp³-hybridized carbons (Fsp3) is 0.875. The highest BCUT2D eigenvalue weighted by Crippen LogP contribution is 2.76. The van der Waals surface area contributed by atoms with Crippen LogP contribution in [0.1, 0.15) is 13.8 Å². The van der Waals surface area contributed by atoms with E-state index in [1.807, 2.05) is 0 Å². The maximum atomic E-state index is 13.1. The molecule has 1 rings (SSSR count). The molecule has 2 unspecified atom stereocenters. The van der Waals surface area contributed by atoms with Gasteiger partial charge >= 0.3 is 11.4 Å². The average Bonchev–Trinajstić information content (AvgIpc) is 2.46. The van der Waals surface area contributed by atoms with Crippen molar-refractivity contribution in [1.29, 1.82) is 0 Å². The van der Waals surface area contributed by atoms with Crippen molar-refractivity contribution in [3.8, 4) is 0 Å². The SMILES string of the molecule is CC1(C)C(C(=O)O)C1(CCl)C(F)(F)Cl. The zero-order chi connectivity index (χ0) is 11.4. The van der Waals surface area contributed by atoms with Crippen LogP contribution in [-0.2, 0) is 4.79 Å². The molecule has 0 aliphatic heterocycles. The lowest BCUT2D eigenvalue weighted by atomic mass is 9.98. The molecule has 0 saturated heterocycles. The Hall–Kier alpha value is -0.0900. The molecule has 0 aromatic rings. The number of rotatable bonds is 3. The van der Waals surface area contributed by atoms with E-state index in [2.05, 4.69) is 0 Å². The molecular formula is C8H10Cl2F2O2. The predicted molar refractivity (Wildman–Crippen MR) is 48.9 cm³/mol. The Bertz CT molecular complexity index is 275. The van der Waals surface area contributed by atoms with E-state index >= 15 is 0 Å². The van der Waals surface area contributed by atoms with Crippen LogP contribution in [0.3, 0.4) is 0 Å². The lowest BCUT2D eigenvalue weighted by molar-refractivity contribution is -0.141. The van der Waals surface area contributed by atoms with Gasteiger partial charge in [0.1, 0.15) is 0 Å². The van der Waals surface area contributed by atoms with E-state index in [1.54, 1.807) is 0 Å². The largest absolute Gasteiger partial charge is 0.481 e. The van der Waals surface area contributed by atoms with E-state index in [0.29, 0.717) is 0 Å². The Labute approximate surface area is 90.2 Å². The molecule has 14 heavy (non-hydrogen) atoms. The molecule has 0 bridgehead atoms. The van der Waals surface area contributed by atoms with E-state index in [9.17, 15) is 13.6 Å². The molecule has 6 heteroatoms. The third-order valence-corrected chi connectivity index (χ3v) is 4.00. The summed E-state index contributed by atoms with van der Waals surface area (Å²) in [4.78, 5) is 10.7. The van der Waals surface area contributed by atoms with E-state index in [1.165, 1.54) is 13.8 Å². The summed E-state index contributed by atoms with van der Waals surface area (Å²) in [5, 5.41) is 5.17. The quantitative estimate of drug-likeness (QED) is 0.778. The van der Waals surface area contributed by atoms with Gasteiger partial charge < -0.3 is 5.11 Å². The van der Waals surface area contributed by atoms with Crippen LogP contribution in [0.2, 0.25) is 0 Å². The van der Waals surface area contributed by atoms with Gasteiger partial charge in [-0.3, -0.25) is 4.79 Å². The smallest absolute Gasteiger partial charge is 0.329 e. The highest BCUT2D eigenvalue weighted by Gasteiger charge is 2.83. The van der Waals surface area contributed by atoms with Gasteiger partial charge in [0.05, 0.1) is 11.3 Å². The number of carboxylic acid groups (broad SMARTS) is 1. The lowest BCUT2D eigenvalue weighted by Crippen LogP contribution is -2.31. The van der Waals surface area contributed by atoms with Gasteiger partial charge in [-0.1, -0.05) is 13.8 Å². The van der Waals surface area contributed by atoms with Crippen molar-refractivity contribution in [2.75, 3.05) is 5.88 Å². The monoisotopic (exact) mass is 246 g/mol. The summed E-state index contributed by atoms with van der Waals surface area (Å²) in [6.07, 6.45) is 0. The molecule has 0 radical (unpaired) electrons. The number of alkyl halides is 4. The van der Waals surface area contributed by atoms with Gasteiger partial charge in [-0.2, -0.15) is 8.78 Å². The molecule has 82 valence electrons. The molecule has 1 aliphatic carbocycles. The van der Waals surface area contributed by atoms with E-state index in [-0.39, 0.29) is 0 Å². The first-order valence-electron chi connectivity index (χ1n) is 3.98. The lowest BCUT2D eigenvalue weighted by Gasteiger charge is -2.22. The Morgan fingerprint density at radius 1 is 1.57 bits per heavy atom. The van der Waals surface area contributed by atoms with Crippen LogP contribution in [0.15, 0.2) is 0 Å². The third kappa shape index (κ3) is 1.16.